The highest BCUT2D eigenvalue weighted by molar-refractivity contribution is 5.91. The molecule has 3 aromatic rings. The van der Waals surface area contributed by atoms with Gasteiger partial charge in [0.2, 0.25) is 5.91 Å². The molecule has 0 aliphatic heterocycles. The Morgan fingerprint density at radius 1 is 1.08 bits per heavy atom. The van der Waals surface area contributed by atoms with Crippen LogP contribution in [-0.2, 0) is 25.4 Å². The molecule has 0 aliphatic carbocycles. The molecule has 130 valence electrons. The van der Waals surface area contributed by atoms with Crippen molar-refractivity contribution in [2.24, 2.45) is 14.1 Å². The van der Waals surface area contributed by atoms with Gasteiger partial charge in [0.1, 0.15) is 6.54 Å². The van der Waals surface area contributed by atoms with E-state index in [1.54, 1.807) is 0 Å². The molecule has 1 N–H and O–H groups in total. The molecule has 8 heteroatoms. The van der Waals surface area contributed by atoms with Crippen LogP contribution in [0.3, 0.4) is 0 Å². The fraction of sp³-hybridized carbons (Fsp3) is 0.294. The van der Waals surface area contributed by atoms with Crippen molar-refractivity contribution in [1.29, 1.82) is 0 Å². The fourth-order valence-electron chi connectivity index (χ4n) is 2.92. The number of carbonyl (C=O) groups excluding carboxylic acids is 1. The average Bonchev–Trinajstić information content (AvgIpc) is 2.93. The van der Waals surface area contributed by atoms with Crippen LogP contribution in [-0.4, -0.2) is 24.6 Å². The van der Waals surface area contributed by atoms with Gasteiger partial charge in [-0.25, -0.2) is 9.78 Å². The van der Waals surface area contributed by atoms with Crippen molar-refractivity contribution in [3.05, 3.63) is 56.5 Å². The lowest BCUT2D eigenvalue weighted by Gasteiger charge is -2.09. The smallest absolute Gasteiger partial charge is 0.325 e. The number of rotatable bonds is 3. The van der Waals surface area contributed by atoms with Gasteiger partial charge in [-0.1, -0.05) is 6.07 Å². The van der Waals surface area contributed by atoms with Gasteiger partial charge in [0, 0.05) is 19.8 Å². The molecular formula is C17H19N5O3. The van der Waals surface area contributed by atoms with Crippen molar-refractivity contribution in [2.75, 3.05) is 5.32 Å². The Kier molecular flexibility index (Phi) is 4.03. The van der Waals surface area contributed by atoms with Crippen molar-refractivity contribution in [3.63, 3.8) is 0 Å². The normalized spacial score (nSPS) is 11.0. The van der Waals surface area contributed by atoms with E-state index in [4.69, 9.17) is 0 Å². The van der Waals surface area contributed by atoms with Gasteiger partial charge in [0.05, 0.1) is 6.33 Å². The summed E-state index contributed by atoms with van der Waals surface area (Å²) in [5, 5.41) is 2.82. The molecule has 1 amide bonds. The summed E-state index contributed by atoms with van der Waals surface area (Å²) in [5.41, 5.74) is 2.34. The zero-order chi connectivity index (χ0) is 18.3. The number of nitrogens with zero attached hydrogens (tertiary/aromatic N) is 4. The lowest BCUT2D eigenvalue weighted by molar-refractivity contribution is -0.116. The van der Waals surface area contributed by atoms with Gasteiger partial charge in [-0.2, -0.15) is 0 Å². The van der Waals surface area contributed by atoms with Crippen LogP contribution >= 0.6 is 0 Å². The largest absolute Gasteiger partial charge is 0.332 e. The highest BCUT2D eigenvalue weighted by atomic mass is 16.2. The molecule has 0 bridgehead atoms. The van der Waals surface area contributed by atoms with Crippen LogP contribution in [0.4, 0.5) is 5.69 Å². The van der Waals surface area contributed by atoms with Crippen molar-refractivity contribution in [1.82, 2.24) is 18.7 Å². The molecule has 0 unspecified atom stereocenters. The van der Waals surface area contributed by atoms with Gasteiger partial charge in [-0.05, 0) is 37.1 Å². The third-order valence-corrected chi connectivity index (χ3v) is 4.04. The summed E-state index contributed by atoms with van der Waals surface area (Å²) in [4.78, 5) is 40.8. The first kappa shape index (κ1) is 16.7. The molecule has 3 rings (SSSR count). The van der Waals surface area contributed by atoms with E-state index < -0.39 is 11.2 Å². The van der Waals surface area contributed by atoms with Gasteiger partial charge in [-0.15, -0.1) is 0 Å². The number of imidazole rings is 1. The van der Waals surface area contributed by atoms with E-state index in [2.05, 4.69) is 10.3 Å². The molecule has 0 aliphatic rings. The predicted molar refractivity (Wildman–Crippen MR) is 94.8 cm³/mol. The number of aromatic nitrogens is 4. The van der Waals surface area contributed by atoms with Crippen molar-refractivity contribution in [3.8, 4) is 0 Å². The van der Waals surface area contributed by atoms with E-state index >= 15 is 0 Å². The molecule has 25 heavy (non-hydrogen) atoms. The van der Waals surface area contributed by atoms with Gasteiger partial charge >= 0.3 is 5.69 Å². The number of carbonyl (C=O) groups is 1. The third-order valence-electron chi connectivity index (χ3n) is 4.04. The second kappa shape index (κ2) is 6.04. The summed E-state index contributed by atoms with van der Waals surface area (Å²) in [6.45, 7) is 3.84. The summed E-state index contributed by atoms with van der Waals surface area (Å²) >= 11 is 0. The first-order valence-electron chi connectivity index (χ1n) is 7.77. The van der Waals surface area contributed by atoms with Crippen LogP contribution in [0.2, 0.25) is 0 Å². The number of anilines is 1. The molecule has 0 saturated heterocycles. The number of aryl methyl sites for hydroxylation is 3. The second-order valence-electron chi connectivity index (χ2n) is 6.18. The Hall–Kier alpha value is -3.16. The van der Waals surface area contributed by atoms with Crippen molar-refractivity contribution < 1.29 is 4.79 Å². The minimum atomic E-state index is -0.477. The zero-order valence-corrected chi connectivity index (χ0v) is 14.5. The second-order valence-corrected chi connectivity index (χ2v) is 6.18. The highest BCUT2D eigenvalue weighted by Crippen LogP contribution is 2.14. The number of nitrogens with one attached hydrogen (secondary N) is 1. The summed E-state index contributed by atoms with van der Waals surface area (Å²) in [6, 6.07) is 5.77. The summed E-state index contributed by atoms with van der Waals surface area (Å²) < 4.78 is 3.74. The van der Waals surface area contributed by atoms with Crippen molar-refractivity contribution >= 4 is 22.8 Å². The van der Waals surface area contributed by atoms with Gasteiger partial charge < -0.3 is 9.88 Å². The first-order valence-corrected chi connectivity index (χ1v) is 7.77. The zero-order valence-electron chi connectivity index (χ0n) is 14.5. The van der Waals surface area contributed by atoms with E-state index in [1.165, 1.54) is 29.6 Å². The fourth-order valence-corrected chi connectivity index (χ4v) is 2.92. The number of hydrogen-bond acceptors (Lipinski definition) is 4. The highest BCUT2D eigenvalue weighted by Gasteiger charge is 2.16. The number of amides is 1. The number of benzene rings is 1. The van der Waals surface area contributed by atoms with Gasteiger partial charge in [0.25, 0.3) is 5.56 Å². The van der Waals surface area contributed by atoms with E-state index in [0.717, 1.165) is 15.7 Å². The predicted octanol–water partition coefficient (Wildman–Crippen LogP) is 0.689. The molecule has 8 nitrogen and oxygen atoms in total. The van der Waals surface area contributed by atoms with E-state index in [0.29, 0.717) is 5.69 Å². The number of hydrogen-bond donors (Lipinski definition) is 1. The monoisotopic (exact) mass is 341 g/mol. The first-order chi connectivity index (χ1) is 11.8. The van der Waals surface area contributed by atoms with E-state index in [9.17, 15) is 14.4 Å². The third kappa shape index (κ3) is 2.98. The molecule has 2 aromatic heterocycles. The summed E-state index contributed by atoms with van der Waals surface area (Å²) in [6.07, 6.45) is 1.40. The minimum Gasteiger partial charge on any atom is -0.325 e. The summed E-state index contributed by atoms with van der Waals surface area (Å²) in [7, 11) is 2.94. The molecular weight excluding hydrogens is 322 g/mol. The molecule has 0 fully saturated rings. The van der Waals surface area contributed by atoms with Crippen LogP contribution in [0, 0.1) is 13.8 Å². The Morgan fingerprint density at radius 2 is 1.72 bits per heavy atom. The van der Waals surface area contributed by atoms with Crippen molar-refractivity contribution in [2.45, 2.75) is 20.4 Å². The Balaban J connectivity index is 1.94. The lowest BCUT2D eigenvalue weighted by atomic mass is 10.1. The SMILES string of the molecule is Cc1cc(C)cc(NC(=O)Cn2cnc3c2c(=O)n(C)c(=O)n3C)c1. The van der Waals surface area contributed by atoms with Gasteiger partial charge in [-0.3, -0.25) is 18.7 Å². The molecule has 0 atom stereocenters. The quantitative estimate of drug-likeness (QED) is 0.759. The maximum Gasteiger partial charge on any atom is 0.332 e. The van der Waals surface area contributed by atoms with Crippen LogP contribution in [0.25, 0.3) is 11.2 Å². The van der Waals surface area contributed by atoms with E-state index in [-0.39, 0.29) is 23.6 Å². The van der Waals surface area contributed by atoms with Crippen LogP contribution in [0.1, 0.15) is 11.1 Å². The lowest BCUT2D eigenvalue weighted by Crippen LogP contribution is -2.37. The Bertz CT molecular complexity index is 1080. The Morgan fingerprint density at radius 3 is 2.36 bits per heavy atom. The molecule has 0 spiro atoms. The van der Waals surface area contributed by atoms with Crippen LogP contribution in [0.15, 0.2) is 34.1 Å². The topological polar surface area (TPSA) is 90.9 Å². The van der Waals surface area contributed by atoms with Gasteiger partial charge in [0.15, 0.2) is 11.2 Å². The summed E-state index contributed by atoms with van der Waals surface area (Å²) in [5.74, 6) is -0.278. The maximum atomic E-state index is 12.4. The number of fused-ring (bicyclic) bond motifs is 1. The van der Waals surface area contributed by atoms with E-state index in [1.807, 2.05) is 32.0 Å². The standard InChI is InChI=1S/C17H19N5O3/c1-10-5-11(2)7-12(6-10)19-13(23)8-22-9-18-15-14(22)16(24)21(4)17(25)20(15)3/h5-7,9H,8H2,1-4H3,(H,19,23). The molecule has 2 heterocycles. The molecule has 0 radical (unpaired) electrons. The van der Waals surface area contributed by atoms with Crippen LogP contribution < -0.4 is 16.6 Å². The average molecular weight is 341 g/mol. The Labute approximate surface area is 143 Å². The molecule has 1 aromatic carbocycles. The molecule has 0 saturated carbocycles. The minimum absolute atomic E-state index is 0.0725. The maximum absolute atomic E-state index is 12.4. The van der Waals surface area contributed by atoms with Crippen LogP contribution in [0.5, 0.6) is 0 Å².